The molecule has 0 amide bonds. The topological polar surface area (TPSA) is 97.7 Å². The lowest BCUT2D eigenvalue weighted by Crippen LogP contribution is -2.20. The van der Waals surface area contributed by atoms with Crippen molar-refractivity contribution in [3.05, 3.63) is 24.3 Å². The second-order valence-corrected chi connectivity index (χ2v) is 8.66. The minimum absolute atomic E-state index is 0.490. The van der Waals surface area contributed by atoms with Crippen LogP contribution in [0.2, 0.25) is 0 Å². The summed E-state index contributed by atoms with van der Waals surface area (Å²) in [6, 6.07) is 4.91. The van der Waals surface area contributed by atoms with E-state index in [0.717, 1.165) is 44.2 Å². The van der Waals surface area contributed by atoms with Crippen LogP contribution in [0.15, 0.2) is 34.1 Å². The largest absolute Gasteiger partial charge is 0.298 e. The molecule has 0 aliphatic rings. The molecular weight excluding hydrogens is 352 g/mol. The number of benzene rings is 1. The van der Waals surface area contributed by atoms with Gasteiger partial charge in [0.1, 0.15) is 9.79 Å². The molecule has 1 N–H and O–H groups in total. The van der Waals surface area contributed by atoms with Crippen molar-refractivity contribution < 1.29 is 25.6 Å². The molecule has 1 rings (SSSR count). The molecule has 0 fully saturated rings. The monoisotopic (exact) mass is 378 g/mol. The Morgan fingerprint density at radius 2 is 1.46 bits per heavy atom. The Kier molecular flexibility index (Phi) is 8.35. The minimum Gasteiger partial charge on any atom is -0.282 e. The molecule has 0 radical (unpaired) electrons. The van der Waals surface area contributed by atoms with Crippen molar-refractivity contribution in [3.8, 4) is 0 Å². The highest BCUT2D eigenvalue weighted by Gasteiger charge is 2.28. The Hall–Kier alpha value is -0.960. The van der Waals surface area contributed by atoms with Gasteiger partial charge in [0.25, 0.3) is 20.2 Å². The Morgan fingerprint density at radius 3 is 2.00 bits per heavy atom. The first-order valence-corrected chi connectivity index (χ1v) is 11.1. The molecule has 0 heterocycles. The molecule has 1 aromatic rings. The summed E-state index contributed by atoms with van der Waals surface area (Å²) < 4.78 is 62.4. The van der Waals surface area contributed by atoms with Crippen LogP contribution >= 0.6 is 0 Å². The summed E-state index contributed by atoms with van der Waals surface area (Å²) in [7, 11) is -8.93. The standard InChI is InChI=1S/C16H26O6S2/c1-3-5-7-11-14(10-6-4-2)22-24(20,21)16-13-9-8-12-15(16)23(17,18)19/h8-9,12-14H,3-7,10-11H2,1-2H3,(H,17,18,19). The third-order valence-electron chi connectivity index (χ3n) is 3.67. The third kappa shape index (κ3) is 6.51. The summed E-state index contributed by atoms with van der Waals surface area (Å²) >= 11 is 0. The van der Waals surface area contributed by atoms with Crippen molar-refractivity contribution >= 4 is 20.2 Å². The van der Waals surface area contributed by atoms with Crippen LogP contribution in [0.25, 0.3) is 0 Å². The molecule has 8 heteroatoms. The Bertz CT molecular complexity index is 710. The molecule has 0 spiro atoms. The normalized spacial score (nSPS) is 13.8. The Balaban J connectivity index is 3.05. The van der Waals surface area contributed by atoms with E-state index < -0.39 is 36.1 Å². The van der Waals surface area contributed by atoms with Crippen molar-refractivity contribution in [1.29, 1.82) is 0 Å². The van der Waals surface area contributed by atoms with E-state index in [0.29, 0.717) is 12.8 Å². The fourth-order valence-corrected chi connectivity index (χ4v) is 4.80. The molecule has 6 nitrogen and oxygen atoms in total. The summed E-state index contributed by atoms with van der Waals surface area (Å²) in [4.78, 5) is -1.18. The molecule has 1 aromatic carbocycles. The highest BCUT2D eigenvalue weighted by Crippen LogP contribution is 2.25. The minimum atomic E-state index is -4.65. The molecule has 1 atom stereocenters. The predicted octanol–water partition coefficient (Wildman–Crippen LogP) is 3.78. The first-order valence-electron chi connectivity index (χ1n) is 8.22. The molecule has 0 saturated carbocycles. The van der Waals surface area contributed by atoms with Crippen LogP contribution < -0.4 is 0 Å². The van der Waals surface area contributed by atoms with Gasteiger partial charge < -0.3 is 0 Å². The predicted molar refractivity (Wildman–Crippen MR) is 92.0 cm³/mol. The molecule has 138 valence electrons. The third-order valence-corrected chi connectivity index (χ3v) is 6.13. The van der Waals surface area contributed by atoms with Crippen molar-refractivity contribution in [2.75, 3.05) is 0 Å². The Morgan fingerprint density at radius 1 is 0.917 bits per heavy atom. The quantitative estimate of drug-likeness (QED) is 0.357. The molecule has 24 heavy (non-hydrogen) atoms. The lowest BCUT2D eigenvalue weighted by Gasteiger charge is -2.18. The van der Waals surface area contributed by atoms with E-state index in [1.165, 1.54) is 12.1 Å². The van der Waals surface area contributed by atoms with Gasteiger partial charge in [-0.1, -0.05) is 58.1 Å². The Labute approximate surface area is 145 Å². The average Bonchev–Trinajstić information content (AvgIpc) is 2.51. The number of rotatable bonds is 11. The zero-order valence-corrected chi connectivity index (χ0v) is 15.8. The maximum atomic E-state index is 12.5. The second-order valence-electron chi connectivity index (χ2n) is 5.73. The van der Waals surface area contributed by atoms with Gasteiger partial charge >= 0.3 is 0 Å². The van der Waals surface area contributed by atoms with Gasteiger partial charge in [-0.2, -0.15) is 16.8 Å². The molecule has 0 aliphatic carbocycles. The van der Waals surface area contributed by atoms with Crippen LogP contribution in [0.3, 0.4) is 0 Å². The zero-order chi connectivity index (χ0) is 18.2. The first kappa shape index (κ1) is 21.1. The van der Waals surface area contributed by atoms with Gasteiger partial charge in [0.05, 0.1) is 6.10 Å². The van der Waals surface area contributed by atoms with Crippen molar-refractivity contribution in [2.45, 2.75) is 74.7 Å². The highest BCUT2D eigenvalue weighted by molar-refractivity contribution is 7.89. The lowest BCUT2D eigenvalue weighted by atomic mass is 10.1. The fraction of sp³-hybridized carbons (Fsp3) is 0.625. The molecular formula is C16H26O6S2. The van der Waals surface area contributed by atoms with Gasteiger partial charge in [0.2, 0.25) is 0 Å². The molecule has 0 saturated heterocycles. The van der Waals surface area contributed by atoms with Crippen LogP contribution in [0.4, 0.5) is 0 Å². The maximum absolute atomic E-state index is 12.5. The smallest absolute Gasteiger partial charge is 0.282 e. The number of hydrogen-bond acceptors (Lipinski definition) is 5. The lowest BCUT2D eigenvalue weighted by molar-refractivity contribution is 0.180. The van der Waals surface area contributed by atoms with Crippen LogP contribution in [0, 0.1) is 0 Å². The molecule has 1 unspecified atom stereocenters. The molecule has 0 aromatic heterocycles. The first-order chi connectivity index (χ1) is 11.2. The van der Waals surface area contributed by atoms with E-state index in [9.17, 15) is 21.4 Å². The fourth-order valence-electron chi connectivity index (χ4n) is 2.40. The van der Waals surface area contributed by atoms with Crippen LogP contribution in [-0.4, -0.2) is 27.5 Å². The van der Waals surface area contributed by atoms with E-state index in [4.69, 9.17) is 4.18 Å². The zero-order valence-electron chi connectivity index (χ0n) is 14.1. The summed E-state index contributed by atoms with van der Waals surface area (Å²) in [5.41, 5.74) is 0. The molecule has 0 bridgehead atoms. The van der Waals surface area contributed by atoms with Gasteiger partial charge in [-0.25, -0.2) is 0 Å². The van der Waals surface area contributed by atoms with E-state index in [1.54, 1.807) is 0 Å². The average molecular weight is 379 g/mol. The highest BCUT2D eigenvalue weighted by atomic mass is 32.2. The van der Waals surface area contributed by atoms with Crippen LogP contribution in [0.5, 0.6) is 0 Å². The van der Waals surface area contributed by atoms with Gasteiger partial charge in [-0.15, -0.1) is 0 Å². The number of unbranched alkanes of at least 4 members (excludes halogenated alkanes) is 3. The second kappa shape index (κ2) is 9.50. The van der Waals surface area contributed by atoms with E-state index in [2.05, 4.69) is 6.92 Å². The van der Waals surface area contributed by atoms with Crippen molar-refractivity contribution in [2.24, 2.45) is 0 Å². The van der Waals surface area contributed by atoms with E-state index in [-0.39, 0.29) is 0 Å². The van der Waals surface area contributed by atoms with Crippen molar-refractivity contribution in [3.63, 3.8) is 0 Å². The summed E-state index contributed by atoms with van der Waals surface area (Å²) in [5.74, 6) is 0. The van der Waals surface area contributed by atoms with Crippen molar-refractivity contribution in [1.82, 2.24) is 0 Å². The SMILES string of the molecule is CCCCCC(CCCC)OS(=O)(=O)c1ccccc1S(=O)(=O)O. The summed E-state index contributed by atoms with van der Waals surface area (Å²) in [6.45, 7) is 4.06. The molecule has 0 aliphatic heterocycles. The van der Waals surface area contributed by atoms with Gasteiger partial charge in [0, 0.05) is 0 Å². The van der Waals surface area contributed by atoms with Gasteiger partial charge in [-0.05, 0) is 25.0 Å². The summed E-state index contributed by atoms with van der Waals surface area (Å²) in [6.07, 6.45) is 5.28. The van der Waals surface area contributed by atoms with Crippen LogP contribution in [-0.2, 0) is 24.4 Å². The number of hydrogen-bond donors (Lipinski definition) is 1. The maximum Gasteiger partial charge on any atom is 0.298 e. The van der Waals surface area contributed by atoms with Gasteiger partial charge in [-0.3, -0.25) is 8.74 Å². The van der Waals surface area contributed by atoms with E-state index >= 15 is 0 Å². The van der Waals surface area contributed by atoms with Gasteiger partial charge in [0.15, 0.2) is 0 Å². The van der Waals surface area contributed by atoms with Crippen LogP contribution in [0.1, 0.15) is 58.8 Å². The summed E-state index contributed by atoms with van der Waals surface area (Å²) in [5, 5.41) is 0. The van der Waals surface area contributed by atoms with E-state index in [1.807, 2.05) is 6.92 Å².